The van der Waals surface area contributed by atoms with Crippen LogP contribution in [0.1, 0.15) is 31.0 Å². The zero-order chi connectivity index (χ0) is 21.6. The van der Waals surface area contributed by atoms with Crippen LogP contribution in [0.3, 0.4) is 0 Å². The molecular weight excluding hydrogens is 393 g/mol. The number of likely N-dealkylation sites (tertiary alicyclic amines) is 1. The predicted octanol–water partition coefficient (Wildman–Crippen LogP) is 4.33. The molecule has 31 heavy (non-hydrogen) atoms. The van der Waals surface area contributed by atoms with Gasteiger partial charge in [0.25, 0.3) is 0 Å². The van der Waals surface area contributed by atoms with Crippen molar-refractivity contribution in [1.82, 2.24) is 19.9 Å². The van der Waals surface area contributed by atoms with Crippen LogP contribution in [0.15, 0.2) is 48.7 Å². The first-order valence-corrected chi connectivity index (χ1v) is 10.7. The molecule has 1 saturated heterocycles. The summed E-state index contributed by atoms with van der Waals surface area (Å²) in [6.07, 6.45) is 4.61. The normalized spacial score (nSPS) is 15.1. The second kappa shape index (κ2) is 9.83. The van der Waals surface area contributed by atoms with Crippen LogP contribution in [0.25, 0.3) is 11.5 Å². The summed E-state index contributed by atoms with van der Waals surface area (Å²) < 4.78 is 19.0. The molecule has 2 aromatic heterocycles. The van der Waals surface area contributed by atoms with E-state index in [1.54, 1.807) is 18.3 Å². The zero-order valence-electron chi connectivity index (χ0n) is 18.0. The van der Waals surface area contributed by atoms with Crippen LogP contribution in [0.5, 0.6) is 5.75 Å². The van der Waals surface area contributed by atoms with E-state index in [9.17, 15) is 4.39 Å². The molecule has 1 aliphatic rings. The molecule has 0 unspecified atom stereocenters. The van der Waals surface area contributed by atoms with Gasteiger partial charge in [-0.05, 0) is 49.1 Å². The van der Waals surface area contributed by atoms with Crippen LogP contribution in [-0.2, 0) is 13.0 Å². The second-order valence-corrected chi connectivity index (χ2v) is 7.80. The Balaban J connectivity index is 1.37. The Morgan fingerprint density at radius 3 is 2.65 bits per heavy atom. The minimum Gasteiger partial charge on any atom is -0.494 e. The van der Waals surface area contributed by atoms with Crippen molar-refractivity contribution in [2.75, 3.05) is 25.5 Å². The molecule has 0 aliphatic carbocycles. The van der Waals surface area contributed by atoms with Gasteiger partial charge in [0, 0.05) is 43.6 Å². The molecule has 0 spiro atoms. The topological polar surface area (TPSA) is 63.2 Å². The lowest BCUT2D eigenvalue weighted by Crippen LogP contribution is -2.38. The summed E-state index contributed by atoms with van der Waals surface area (Å²) in [6.45, 7) is 4.73. The number of nitrogens with one attached hydrogen (secondary N) is 1. The van der Waals surface area contributed by atoms with E-state index in [4.69, 9.17) is 9.72 Å². The number of rotatable bonds is 7. The Hall–Kier alpha value is -3.06. The summed E-state index contributed by atoms with van der Waals surface area (Å²) in [5, 5.41) is 3.59. The summed E-state index contributed by atoms with van der Waals surface area (Å²) >= 11 is 0. The van der Waals surface area contributed by atoms with E-state index >= 15 is 0 Å². The molecule has 0 saturated carbocycles. The molecule has 0 radical (unpaired) electrons. The average molecular weight is 422 g/mol. The maximum absolute atomic E-state index is 14.0. The van der Waals surface area contributed by atoms with E-state index in [0.29, 0.717) is 11.9 Å². The van der Waals surface area contributed by atoms with Gasteiger partial charge >= 0.3 is 0 Å². The Labute approximate surface area is 182 Å². The highest BCUT2D eigenvalue weighted by atomic mass is 19.1. The number of nitrogens with zero attached hydrogens (tertiary/aromatic N) is 4. The first-order valence-electron chi connectivity index (χ1n) is 10.7. The van der Waals surface area contributed by atoms with Crippen LogP contribution in [0.4, 0.5) is 10.2 Å². The van der Waals surface area contributed by atoms with Gasteiger partial charge < -0.3 is 10.1 Å². The van der Waals surface area contributed by atoms with Crippen LogP contribution in [0, 0.1) is 5.82 Å². The number of anilines is 1. The lowest BCUT2D eigenvalue weighted by atomic mass is 10.0. The number of halogens is 1. The van der Waals surface area contributed by atoms with Gasteiger partial charge in [-0.25, -0.2) is 14.4 Å². The largest absolute Gasteiger partial charge is 0.494 e. The van der Waals surface area contributed by atoms with Crippen molar-refractivity contribution in [3.8, 4) is 17.3 Å². The van der Waals surface area contributed by atoms with E-state index in [0.717, 1.165) is 61.7 Å². The Kier molecular flexibility index (Phi) is 6.72. The molecule has 1 fully saturated rings. The van der Waals surface area contributed by atoms with Crippen molar-refractivity contribution < 1.29 is 9.13 Å². The van der Waals surface area contributed by atoms with Crippen molar-refractivity contribution in [3.63, 3.8) is 0 Å². The third kappa shape index (κ3) is 5.35. The molecule has 6 nitrogen and oxygen atoms in total. The Bertz CT molecular complexity index is 1010. The summed E-state index contributed by atoms with van der Waals surface area (Å²) in [5.74, 6) is 1.48. The molecule has 7 heteroatoms. The van der Waals surface area contributed by atoms with Gasteiger partial charge in [0.1, 0.15) is 11.5 Å². The summed E-state index contributed by atoms with van der Waals surface area (Å²) in [5.41, 5.74) is 2.74. The van der Waals surface area contributed by atoms with E-state index < -0.39 is 0 Å². The van der Waals surface area contributed by atoms with Gasteiger partial charge in [-0.15, -0.1) is 0 Å². The van der Waals surface area contributed by atoms with Gasteiger partial charge in [-0.3, -0.25) is 9.88 Å². The van der Waals surface area contributed by atoms with E-state index in [2.05, 4.69) is 27.1 Å². The number of aryl methyl sites for hydroxylation is 1. The third-order valence-electron chi connectivity index (χ3n) is 5.60. The highest BCUT2D eigenvalue weighted by Gasteiger charge is 2.20. The van der Waals surface area contributed by atoms with Gasteiger partial charge in [-0.1, -0.05) is 19.1 Å². The molecule has 1 aromatic carbocycles. The first-order chi connectivity index (χ1) is 15.1. The maximum atomic E-state index is 14.0. The van der Waals surface area contributed by atoms with Gasteiger partial charge in [0.2, 0.25) is 0 Å². The zero-order valence-corrected chi connectivity index (χ0v) is 18.0. The number of benzene rings is 1. The van der Waals surface area contributed by atoms with Gasteiger partial charge in [0.05, 0.1) is 7.11 Å². The molecule has 1 N–H and O–H groups in total. The lowest BCUT2D eigenvalue weighted by molar-refractivity contribution is 0.211. The molecule has 0 atom stereocenters. The van der Waals surface area contributed by atoms with Crippen LogP contribution in [-0.4, -0.2) is 46.1 Å². The third-order valence-corrected chi connectivity index (χ3v) is 5.60. The van der Waals surface area contributed by atoms with E-state index in [1.807, 2.05) is 30.3 Å². The highest BCUT2D eigenvalue weighted by Crippen LogP contribution is 2.22. The van der Waals surface area contributed by atoms with Crippen molar-refractivity contribution >= 4 is 5.82 Å². The maximum Gasteiger partial charge on any atom is 0.180 e. The highest BCUT2D eigenvalue weighted by molar-refractivity contribution is 5.53. The van der Waals surface area contributed by atoms with Crippen molar-refractivity contribution in [2.24, 2.45) is 0 Å². The predicted molar refractivity (Wildman–Crippen MR) is 120 cm³/mol. The smallest absolute Gasteiger partial charge is 0.180 e. The van der Waals surface area contributed by atoms with Crippen LogP contribution < -0.4 is 10.1 Å². The Morgan fingerprint density at radius 1 is 1.13 bits per heavy atom. The number of methoxy groups -OCH3 is 1. The van der Waals surface area contributed by atoms with E-state index in [1.165, 1.54) is 7.11 Å². The van der Waals surface area contributed by atoms with Crippen molar-refractivity contribution in [2.45, 2.75) is 38.8 Å². The number of piperidine rings is 1. The van der Waals surface area contributed by atoms with Crippen LogP contribution >= 0.6 is 0 Å². The summed E-state index contributed by atoms with van der Waals surface area (Å²) in [7, 11) is 1.48. The first kappa shape index (κ1) is 21.2. The molecule has 1 aliphatic heterocycles. The fourth-order valence-corrected chi connectivity index (χ4v) is 3.87. The summed E-state index contributed by atoms with van der Waals surface area (Å²) in [6, 6.07) is 13.3. The monoisotopic (exact) mass is 421 g/mol. The Morgan fingerprint density at radius 2 is 1.97 bits per heavy atom. The van der Waals surface area contributed by atoms with Crippen LogP contribution in [0.2, 0.25) is 0 Å². The number of aromatic nitrogens is 3. The number of pyridine rings is 1. The fraction of sp³-hybridized carbons (Fsp3) is 0.375. The number of hydrogen-bond acceptors (Lipinski definition) is 6. The second-order valence-electron chi connectivity index (χ2n) is 7.80. The van der Waals surface area contributed by atoms with E-state index in [-0.39, 0.29) is 11.6 Å². The molecule has 4 rings (SSSR count). The average Bonchev–Trinajstić information content (AvgIpc) is 2.81. The summed E-state index contributed by atoms with van der Waals surface area (Å²) in [4.78, 5) is 16.1. The van der Waals surface area contributed by atoms with Crippen molar-refractivity contribution in [1.29, 1.82) is 0 Å². The minimum absolute atomic E-state index is 0.285. The quantitative estimate of drug-likeness (QED) is 0.613. The number of ether oxygens (including phenoxy) is 1. The molecular formula is C24H28FN5O. The molecule has 3 aromatic rings. The molecule has 0 amide bonds. The van der Waals surface area contributed by atoms with Gasteiger partial charge in [-0.2, -0.15) is 0 Å². The minimum atomic E-state index is -0.309. The SMILES string of the molecule is CCc1cc(NC2CCN(Cc3ccc(OC)c(F)c3)CC2)nc(-c2ccccn2)n1. The van der Waals surface area contributed by atoms with Gasteiger partial charge in [0.15, 0.2) is 17.4 Å². The fourth-order valence-electron chi connectivity index (χ4n) is 3.87. The lowest BCUT2D eigenvalue weighted by Gasteiger charge is -2.32. The number of hydrogen-bond donors (Lipinski definition) is 1. The standard InChI is InChI=1S/C24H28FN5O/c1-3-18-15-23(29-24(28-18)21-6-4-5-11-26-21)27-19-9-12-30(13-10-19)16-17-7-8-22(31-2)20(25)14-17/h4-8,11,14-15,19H,3,9-10,12-13,16H2,1-2H3,(H,27,28,29). The van der Waals surface area contributed by atoms with Crippen molar-refractivity contribution in [3.05, 3.63) is 65.7 Å². The molecule has 162 valence electrons. The molecule has 3 heterocycles. The molecule has 0 bridgehead atoms.